The van der Waals surface area contributed by atoms with Crippen LogP contribution in [0.2, 0.25) is 5.02 Å². The van der Waals surface area contributed by atoms with Gasteiger partial charge in [0, 0.05) is 10.9 Å². The van der Waals surface area contributed by atoms with Crippen molar-refractivity contribution in [2.45, 2.75) is 38.1 Å². The van der Waals surface area contributed by atoms with Crippen LogP contribution in [-0.2, 0) is 0 Å². The lowest BCUT2D eigenvalue weighted by molar-refractivity contribution is 0.536. The Kier molecular flexibility index (Phi) is 3.47. The van der Waals surface area contributed by atoms with Crippen LogP contribution in [0.15, 0.2) is 11.4 Å². The van der Waals surface area contributed by atoms with Gasteiger partial charge in [-0.05, 0) is 43.2 Å². The van der Waals surface area contributed by atoms with Crippen molar-refractivity contribution in [2.24, 2.45) is 0 Å². The van der Waals surface area contributed by atoms with E-state index in [-0.39, 0.29) is 0 Å². The predicted octanol–water partition coefficient (Wildman–Crippen LogP) is 3.65. The monoisotopic (exact) mass is 229 g/mol. The molecule has 1 aliphatic carbocycles. The summed E-state index contributed by atoms with van der Waals surface area (Å²) in [5.41, 5.74) is 0. The second kappa shape index (κ2) is 4.65. The minimum atomic E-state index is 0.701. The summed E-state index contributed by atoms with van der Waals surface area (Å²) in [7, 11) is 0. The van der Waals surface area contributed by atoms with Crippen LogP contribution >= 0.6 is 22.9 Å². The quantitative estimate of drug-likeness (QED) is 0.835. The van der Waals surface area contributed by atoms with E-state index in [1.807, 2.05) is 17.4 Å². The van der Waals surface area contributed by atoms with Gasteiger partial charge in [-0.3, -0.25) is 0 Å². The molecular weight excluding hydrogens is 214 g/mol. The van der Waals surface area contributed by atoms with Crippen molar-refractivity contribution in [1.29, 1.82) is 0 Å². The van der Waals surface area contributed by atoms with Gasteiger partial charge in [0.05, 0.1) is 5.02 Å². The van der Waals surface area contributed by atoms with Crippen LogP contribution in [0.25, 0.3) is 0 Å². The molecule has 0 aliphatic heterocycles. The van der Waals surface area contributed by atoms with E-state index in [9.17, 15) is 0 Å². The van der Waals surface area contributed by atoms with E-state index in [1.54, 1.807) is 0 Å². The molecule has 0 spiro atoms. The fourth-order valence-corrected chi connectivity index (χ4v) is 3.65. The summed E-state index contributed by atoms with van der Waals surface area (Å²) in [6.45, 7) is 3.25. The average molecular weight is 230 g/mol. The van der Waals surface area contributed by atoms with Crippen LogP contribution < -0.4 is 5.32 Å². The molecule has 2 atom stereocenters. The highest BCUT2D eigenvalue weighted by Gasteiger charge is 2.27. The lowest BCUT2D eigenvalue weighted by Crippen LogP contribution is -2.25. The lowest BCUT2D eigenvalue weighted by atomic mass is 10.1. The summed E-state index contributed by atoms with van der Waals surface area (Å²) >= 11 is 7.94. The smallest absolute Gasteiger partial charge is 0.0547 e. The van der Waals surface area contributed by atoms with E-state index >= 15 is 0 Å². The zero-order valence-electron chi connectivity index (χ0n) is 8.42. The topological polar surface area (TPSA) is 12.0 Å². The van der Waals surface area contributed by atoms with Crippen molar-refractivity contribution in [3.8, 4) is 0 Å². The average Bonchev–Trinajstić information content (AvgIpc) is 2.74. The summed E-state index contributed by atoms with van der Waals surface area (Å²) in [6, 6.07) is 2.73. The molecule has 0 radical (unpaired) electrons. The number of halogens is 1. The number of thiophene rings is 1. The van der Waals surface area contributed by atoms with Gasteiger partial charge in [0.15, 0.2) is 0 Å². The van der Waals surface area contributed by atoms with Gasteiger partial charge in [-0.25, -0.2) is 0 Å². The van der Waals surface area contributed by atoms with E-state index in [4.69, 9.17) is 11.6 Å². The molecular formula is C11H16ClNS. The van der Waals surface area contributed by atoms with Gasteiger partial charge in [-0.15, -0.1) is 11.3 Å². The molecule has 1 aromatic heterocycles. The third-order valence-electron chi connectivity index (χ3n) is 2.94. The standard InChI is InChI=1S/C11H16ClNS/c1-2-13-9-4-3-8(7-9)11-10(12)5-6-14-11/h5-6,8-9,13H,2-4,7H2,1H3. The Morgan fingerprint density at radius 3 is 3.07 bits per heavy atom. The van der Waals surface area contributed by atoms with Crippen LogP contribution in [0.4, 0.5) is 0 Å². The highest BCUT2D eigenvalue weighted by atomic mass is 35.5. The van der Waals surface area contributed by atoms with Crippen LogP contribution in [0.3, 0.4) is 0 Å². The molecule has 78 valence electrons. The van der Waals surface area contributed by atoms with Crippen LogP contribution in [-0.4, -0.2) is 12.6 Å². The molecule has 1 aromatic rings. The maximum Gasteiger partial charge on any atom is 0.0547 e. The van der Waals surface area contributed by atoms with Crippen LogP contribution in [0.1, 0.15) is 37.0 Å². The van der Waals surface area contributed by atoms with Crippen molar-refractivity contribution >= 4 is 22.9 Å². The van der Waals surface area contributed by atoms with Crippen LogP contribution in [0, 0.1) is 0 Å². The van der Waals surface area contributed by atoms with Gasteiger partial charge < -0.3 is 5.32 Å². The predicted molar refractivity (Wildman–Crippen MR) is 63.4 cm³/mol. The minimum absolute atomic E-state index is 0.701. The number of hydrogen-bond donors (Lipinski definition) is 1. The molecule has 0 bridgehead atoms. The molecule has 3 heteroatoms. The second-order valence-corrected chi connectivity index (χ2v) is 5.25. The van der Waals surface area contributed by atoms with Gasteiger partial charge in [0.2, 0.25) is 0 Å². The Morgan fingerprint density at radius 2 is 2.43 bits per heavy atom. The molecule has 0 amide bonds. The molecule has 1 saturated carbocycles. The van der Waals surface area contributed by atoms with Gasteiger partial charge in [0.1, 0.15) is 0 Å². The SMILES string of the molecule is CCNC1CCC(c2sccc2Cl)C1. The maximum absolute atomic E-state index is 6.13. The minimum Gasteiger partial charge on any atom is -0.314 e. The zero-order chi connectivity index (χ0) is 9.97. The third kappa shape index (κ3) is 2.13. The Labute approximate surface area is 94.5 Å². The number of rotatable bonds is 3. The van der Waals surface area contributed by atoms with Crippen molar-refractivity contribution in [1.82, 2.24) is 5.32 Å². The summed E-state index contributed by atoms with van der Waals surface area (Å²) in [4.78, 5) is 1.40. The van der Waals surface area contributed by atoms with E-state index in [0.717, 1.165) is 11.6 Å². The second-order valence-electron chi connectivity index (χ2n) is 3.90. The number of nitrogens with one attached hydrogen (secondary N) is 1. The van der Waals surface area contributed by atoms with Gasteiger partial charge in [-0.1, -0.05) is 18.5 Å². The Bertz CT molecular complexity index is 297. The lowest BCUT2D eigenvalue weighted by Gasteiger charge is -2.11. The highest BCUT2D eigenvalue weighted by molar-refractivity contribution is 7.10. The fourth-order valence-electron chi connectivity index (χ4n) is 2.29. The molecule has 1 N–H and O–H groups in total. The summed E-state index contributed by atoms with van der Waals surface area (Å²) < 4.78 is 0. The van der Waals surface area contributed by atoms with E-state index in [0.29, 0.717) is 12.0 Å². The van der Waals surface area contributed by atoms with Gasteiger partial charge in [-0.2, -0.15) is 0 Å². The Morgan fingerprint density at radius 1 is 1.57 bits per heavy atom. The first kappa shape index (κ1) is 10.5. The van der Waals surface area contributed by atoms with Crippen molar-refractivity contribution in [2.75, 3.05) is 6.54 Å². The fraction of sp³-hybridized carbons (Fsp3) is 0.636. The first-order valence-corrected chi connectivity index (χ1v) is 6.53. The molecule has 1 heterocycles. The molecule has 1 fully saturated rings. The van der Waals surface area contributed by atoms with Crippen LogP contribution in [0.5, 0.6) is 0 Å². The Hall–Kier alpha value is -0.0500. The molecule has 0 aromatic carbocycles. The van der Waals surface area contributed by atoms with Gasteiger partial charge >= 0.3 is 0 Å². The molecule has 14 heavy (non-hydrogen) atoms. The molecule has 0 saturated heterocycles. The van der Waals surface area contributed by atoms with Crippen molar-refractivity contribution in [3.63, 3.8) is 0 Å². The van der Waals surface area contributed by atoms with Crippen molar-refractivity contribution in [3.05, 3.63) is 21.3 Å². The molecule has 1 nitrogen and oxygen atoms in total. The largest absolute Gasteiger partial charge is 0.314 e. The summed E-state index contributed by atoms with van der Waals surface area (Å²) in [5.74, 6) is 0.701. The first-order valence-electron chi connectivity index (χ1n) is 5.27. The summed E-state index contributed by atoms with van der Waals surface area (Å²) in [5, 5.41) is 6.58. The maximum atomic E-state index is 6.13. The van der Waals surface area contributed by atoms with Crippen molar-refractivity contribution < 1.29 is 0 Å². The molecule has 1 aliphatic rings. The summed E-state index contributed by atoms with van der Waals surface area (Å²) in [6.07, 6.45) is 3.85. The molecule has 2 unspecified atom stereocenters. The van der Waals surface area contributed by atoms with E-state index in [1.165, 1.54) is 24.1 Å². The first-order chi connectivity index (χ1) is 6.81. The van der Waals surface area contributed by atoms with E-state index < -0.39 is 0 Å². The normalized spacial score (nSPS) is 27.0. The zero-order valence-corrected chi connectivity index (χ0v) is 10.00. The Balaban J connectivity index is 1.99. The molecule has 2 rings (SSSR count). The third-order valence-corrected chi connectivity index (χ3v) is 4.46. The highest BCUT2D eigenvalue weighted by Crippen LogP contribution is 2.40. The van der Waals surface area contributed by atoms with E-state index in [2.05, 4.69) is 17.6 Å². The number of hydrogen-bond acceptors (Lipinski definition) is 2. The van der Waals surface area contributed by atoms with Gasteiger partial charge in [0.25, 0.3) is 0 Å².